The van der Waals surface area contributed by atoms with E-state index in [1.165, 1.54) is 24.3 Å². The highest BCUT2D eigenvalue weighted by Crippen LogP contribution is 2.19. The maximum absolute atomic E-state index is 12.1. The third kappa shape index (κ3) is 3.68. The Hall–Kier alpha value is -2.41. The van der Waals surface area contributed by atoms with Gasteiger partial charge in [-0.15, -0.1) is 5.11 Å². The number of nitrogens with one attached hydrogen (secondary N) is 2. The third-order valence-corrected chi connectivity index (χ3v) is 4.03. The summed E-state index contributed by atoms with van der Waals surface area (Å²) in [4.78, 5) is 12.1. The van der Waals surface area contributed by atoms with Crippen LogP contribution < -0.4 is 22.0 Å². The topological polar surface area (TPSA) is 161 Å². The van der Waals surface area contributed by atoms with Gasteiger partial charge in [0.1, 0.15) is 0 Å². The van der Waals surface area contributed by atoms with Gasteiger partial charge in [-0.25, -0.2) is 19.4 Å². The Morgan fingerprint density at radius 2 is 1.91 bits per heavy atom. The van der Waals surface area contributed by atoms with Gasteiger partial charge in [-0.2, -0.15) is 9.80 Å². The van der Waals surface area contributed by atoms with Crippen LogP contribution in [0.5, 0.6) is 0 Å². The minimum atomic E-state index is -3.77. The van der Waals surface area contributed by atoms with Crippen molar-refractivity contribution in [2.24, 2.45) is 21.2 Å². The molecule has 122 valence electrons. The fraction of sp³-hybridized carbons (Fsp3) is 0.0909. The number of aromatic nitrogens is 2. The summed E-state index contributed by atoms with van der Waals surface area (Å²) in [6.45, 7) is 1.62. The van der Waals surface area contributed by atoms with Crippen molar-refractivity contribution < 1.29 is 8.42 Å². The van der Waals surface area contributed by atoms with E-state index in [4.69, 9.17) is 23.2 Å². The lowest BCUT2D eigenvalue weighted by Gasteiger charge is -1.99. The maximum Gasteiger partial charge on any atom is 0.301 e. The molecule has 0 saturated carbocycles. The summed E-state index contributed by atoms with van der Waals surface area (Å²) < 4.78 is 23.3. The number of aryl methyl sites for hydroxylation is 1. The number of azo groups is 1. The molecule has 0 radical (unpaired) electrons. The Kier molecular flexibility index (Phi) is 4.70. The number of nitrogens with zero attached hydrogens (tertiary/aromatic N) is 3. The standard InChI is InChI=1S/C11H13N7O3S2/c1-6-9(10(19)18(17-6)11(22)14-12)16-15-7-2-4-8(5-3-7)23(13,20)21/h2-5,17H,12H2,1H3,(H,14,22)(H2,13,20,21). The minimum Gasteiger partial charge on any atom is -0.299 e. The molecule has 0 amide bonds. The first-order chi connectivity index (χ1) is 10.7. The highest BCUT2D eigenvalue weighted by atomic mass is 32.2. The van der Waals surface area contributed by atoms with Gasteiger partial charge in [-0.05, 0) is 43.4 Å². The number of sulfonamides is 1. The summed E-state index contributed by atoms with van der Waals surface area (Å²) in [5, 5.41) is 15.4. The Labute approximate surface area is 136 Å². The smallest absolute Gasteiger partial charge is 0.299 e. The number of nitrogens with two attached hydrogens (primary N) is 2. The second kappa shape index (κ2) is 6.37. The second-order valence-electron chi connectivity index (χ2n) is 4.41. The monoisotopic (exact) mass is 355 g/mol. The van der Waals surface area contributed by atoms with Crippen LogP contribution in [0.15, 0.2) is 44.2 Å². The first-order valence-electron chi connectivity index (χ1n) is 6.11. The van der Waals surface area contributed by atoms with Crippen molar-refractivity contribution in [3.05, 3.63) is 40.3 Å². The van der Waals surface area contributed by atoms with Gasteiger partial charge < -0.3 is 0 Å². The summed E-state index contributed by atoms with van der Waals surface area (Å²) in [5.41, 5.74) is 2.51. The highest BCUT2D eigenvalue weighted by Gasteiger charge is 2.13. The van der Waals surface area contributed by atoms with Crippen LogP contribution in [0.2, 0.25) is 0 Å². The number of primary sulfonamides is 1. The molecule has 0 aliphatic heterocycles. The van der Waals surface area contributed by atoms with Crippen molar-refractivity contribution in [3.63, 3.8) is 0 Å². The van der Waals surface area contributed by atoms with E-state index in [1.807, 2.05) is 0 Å². The zero-order valence-electron chi connectivity index (χ0n) is 11.8. The second-order valence-corrected chi connectivity index (χ2v) is 6.36. The molecule has 2 rings (SSSR count). The number of H-pyrrole nitrogens is 1. The van der Waals surface area contributed by atoms with Crippen molar-refractivity contribution in [1.82, 2.24) is 15.2 Å². The summed E-state index contributed by atoms with van der Waals surface area (Å²) in [5.74, 6) is 5.16. The number of thiocarbonyl (C=S) groups is 1. The number of benzene rings is 1. The molecule has 0 fully saturated rings. The quantitative estimate of drug-likeness (QED) is 0.265. The van der Waals surface area contributed by atoms with Crippen molar-refractivity contribution in [2.75, 3.05) is 0 Å². The van der Waals surface area contributed by atoms with E-state index in [-0.39, 0.29) is 15.7 Å². The van der Waals surface area contributed by atoms with Gasteiger partial charge in [-0.3, -0.25) is 15.3 Å². The fourth-order valence-corrected chi connectivity index (χ4v) is 2.32. The molecule has 6 N–H and O–H groups in total. The van der Waals surface area contributed by atoms with Crippen LogP contribution in [-0.4, -0.2) is 23.3 Å². The van der Waals surface area contributed by atoms with Gasteiger partial charge in [0.15, 0.2) is 5.69 Å². The molecule has 0 aliphatic rings. The van der Waals surface area contributed by atoms with Gasteiger partial charge in [-0.1, -0.05) is 0 Å². The van der Waals surface area contributed by atoms with Crippen LogP contribution in [0, 0.1) is 6.92 Å². The molecule has 1 aromatic carbocycles. The molecular weight excluding hydrogens is 342 g/mol. The SMILES string of the molecule is Cc1[nH]n(C(=S)NN)c(=O)c1N=Nc1ccc(S(N)(=O)=O)cc1. The number of hydrogen-bond donors (Lipinski definition) is 4. The number of hydrazine groups is 1. The zero-order valence-corrected chi connectivity index (χ0v) is 13.5. The summed E-state index contributed by atoms with van der Waals surface area (Å²) in [6.07, 6.45) is 0. The van der Waals surface area contributed by atoms with E-state index >= 15 is 0 Å². The molecule has 0 unspecified atom stereocenters. The molecule has 1 heterocycles. The van der Waals surface area contributed by atoms with E-state index < -0.39 is 15.6 Å². The zero-order chi connectivity index (χ0) is 17.2. The average molecular weight is 355 g/mol. The minimum absolute atomic E-state index is 0.0166. The molecule has 0 atom stereocenters. The molecule has 23 heavy (non-hydrogen) atoms. The molecule has 0 aliphatic carbocycles. The van der Waals surface area contributed by atoms with E-state index in [1.54, 1.807) is 6.92 Å². The number of aromatic amines is 1. The van der Waals surface area contributed by atoms with Gasteiger partial charge >= 0.3 is 5.56 Å². The third-order valence-electron chi connectivity index (χ3n) is 2.80. The summed E-state index contributed by atoms with van der Waals surface area (Å²) in [7, 11) is -3.77. The fourth-order valence-electron chi connectivity index (χ4n) is 1.67. The van der Waals surface area contributed by atoms with Crippen LogP contribution in [0.1, 0.15) is 5.69 Å². The predicted octanol–water partition coefficient (Wildman–Crippen LogP) is 0.144. The molecule has 12 heteroatoms. The van der Waals surface area contributed by atoms with Gasteiger partial charge in [0.25, 0.3) is 0 Å². The van der Waals surface area contributed by atoms with E-state index in [2.05, 4.69) is 20.8 Å². The highest BCUT2D eigenvalue weighted by molar-refractivity contribution is 7.89. The lowest BCUT2D eigenvalue weighted by atomic mass is 10.3. The Morgan fingerprint density at radius 3 is 2.43 bits per heavy atom. The molecular formula is C11H13N7O3S2. The van der Waals surface area contributed by atoms with Gasteiger partial charge in [0.05, 0.1) is 16.3 Å². The average Bonchev–Trinajstić information content (AvgIpc) is 2.79. The molecule has 1 aromatic heterocycles. The Balaban J connectivity index is 2.33. The van der Waals surface area contributed by atoms with Crippen LogP contribution in [0.4, 0.5) is 11.4 Å². The molecule has 0 saturated heterocycles. The van der Waals surface area contributed by atoms with E-state index in [0.29, 0.717) is 11.4 Å². The largest absolute Gasteiger partial charge is 0.301 e. The van der Waals surface area contributed by atoms with Crippen LogP contribution in [-0.2, 0) is 10.0 Å². The number of rotatable bonds is 3. The Morgan fingerprint density at radius 1 is 1.30 bits per heavy atom. The summed E-state index contributed by atoms with van der Waals surface area (Å²) >= 11 is 4.86. The van der Waals surface area contributed by atoms with Crippen LogP contribution in [0.25, 0.3) is 0 Å². The first kappa shape index (κ1) is 17.0. The summed E-state index contributed by atoms with van der Waals surface area (Å²) in [6, 6.07) is 5.41. The van der Waals surface area contributed by atoms with Crippen LogP contribution >= 0.6 is 12.2 Å². The maximum atomic E-state index is 12.1. The Bertz CT molecular complexity index is 926. The predicted molar refractivity (Wildman–Crippen MR) is 87.1 cm³/mol. The molecule has 2 aromatic rings. The van der Waals surface area contributed by atoms with Crippen molar-refractivity contribution >= 4 is 38.7 Å². The van der Waals surface area contributed by atoms with Gasteiger partial charge in [0, 0.05) is 0 Å². The van der Waals surface area contributed by atoms with Gasteiger partial charge in [0.2, 0.25) is 15.1 Å². The number of hydrogen-bond acceptors (Lipinski definition) is 7. The lowest BCUT2D eigenvalue weighted by Crippen LogP contribution is -2.39. The van der Waals surface area contributed by atoms with Crippen LogP contribution in [0.3, 0.4) is 0 Å². The van der Waals surface area contributed by atoms with E-state index in [9.17, 15) is 13.2 Å². The molecule has 0 spiro atoms. The van der Waals surface area contributed by atoms with Crippen molar-refractivity contribution in [1.29, 1.82) is 0 Å². The first-order valence-corrected chi connectivity index (χ1v) is 8.06. The van der Waals surface area contributed by atoms with Crippen molar-refractivity contribution in [3.8, 4) is 0 Å². The lowest BCUT2D eigenvalue weighted by molar-refractivity contribution is 0.598. The molecule has 0 bridgehead atoms. The van der Waals surface area contributed by atoms with Crippen molar-refractivity contribution in [2.45, 2.75) is 11.8 Å². The molecule has 10 nitrogen and oxygen atoms in total. The normalized spacial score (nSPS) is 11.8. The van der Waals surface area contributed by atoms with E-state index in [0.717, 1.165) is 4.68 Å².